The Hall–Kier alpha value is -1.63. The van der Waals surface area contributed by atoms with Crippen LogP contribution in [0, 0.1) is 0 Å². The van der Waals surface area contributed by atoms with Crippen LogP contribution in [0.25, 0.3) is 0 Å². The Morgan fingerprint density at radius 2 is 2.18 bits per heavy atom. The summed E-state index contributed by atoms with van der Waals surface area (Å²) in [7, 11) is 4.03. The van der Waals surface area contributed by atoms with Gasteiger partial charge in [-0.15, -0.1) is 0 Å². The van der Waals surface area contributed by atoms with Crippen LogP contribution in [0.15, 0.2) is 24.3 Å². The third-order valence-electron chi connectivity index (χ3n) is 3.42. The minimum Gasteiger partial charge on any atom is -0.492 e. The molecule has 1 fully saturated rings. The van der Waals surface area contributed by atoms with E-state index in [9.17, 15) is 4.79 Å². The Bertz CT molecular complexity index is 456. The summed E-state index contributed by atoms with van der Waals surface area (Å²) in [5, 5.41) is 6.04. The maximum absolute atomic E-state index is 11.9. The van der Waals surface area contributed by atoms with Gasteiger partial charge >= 0.3 is 0 Å². The molecule has 122 valence electrons. The Kier molecular flexibility index (Phi) is 6.64. The highest BCUT2D eigenvalue weighted by atomic mass is 16.5. The second-order valence-electron chi connectivity index (χ2n) is 5.58. The smallest absolute Gasteiger partial charge is 0.250 e. The van der Waals surface area contributed by atoms with Crippen LogP contribution in [0.5, 0.6) is 5.75 Å². The van der Waals surface area contributed by atoms with Crippen LogP contribution in [0.4, 0.5) is 0 Å². The first kappa shape index (κ1) is 16.7. The van der Waals surface area contributed by atoms with Crippen LogP contribution in [-0.2, 0) is 16.1 Å². The molecular formula is C16H25N3O3. The summed E-state index contributed by atoms with van der Waals surface area (Å²) in [6.07, 6.45) is -0.387. The molecule has 0 aliphatic carbocycles. The van der Waals surface area contributed by atoms with Gasteiger partial charge in [0, 0.05) is 26.2 Å². The molecule has 0 radical (unpaired) electrons. The Morgan fingerprint density at radius 3 is 2.82 bits per heavy atom. The van der Waals surface area contributed by atoms with E-state index in [2.05, 4.69) is 15.5 Å². The van der Waals surface area contributed by atoms with Gasteiger partial charge in [-0.25, -0.2) is 0 Å². The van der Waals surface area contributed by atoms with E-state index in [1.165, 1.54) is 0 Å². The third kappa shape index (κ3) is 5.63. The highest BCUT2D eigenvalue weighted by molar-refractivity contribution is 5.81. The number of amides is 1. The lowest BCUT2D eigenvalue weighted by molar-refractivity contribution is -0.134. The summed E-state index contributed by atoms with van der Waals surface area (Å²) in [5.41, 5.74) is 1.04. The van der Waals surface area contributed by atoms with Crippen LogP contribution in [-0.4, -0.2) is 63.9 Å². The summed E-state index contributed by atoms with van der Waals surface area (Å²) >= 11 is 0. The number of likely N-dealkylation sites (N-methyl/N-ethyl adjacent to an activating group) is 1. The molecule has 0 saturated carbocycles. The molecule has 6 nitrogen and oxygen atoms in total. The van der Waals surface area contributed by atoms with Gasteiger partial charge in [-0.1, -0.05) is 12.1 Å². The third-order valence-corrected chi connectivity index (χ3v) is 3.42. The normalized spacial score (nSPS) is 18.2. The average Bonchev–Trinajstić information content (AvgIpc) is 2.54. The van der Waals surface area contributed by atoms with Crippen LogP contribution in [0.2, 0.25) is 0 Å². The maximum Gasteiger partial charge on any atom is 0.250 e. The number of rotatable bonds is 7. The molecule has 2 N–H and O–H groups in total. The van der Waals surface area contributed by atoms with E-state index in [0.717, 1.165) is 24.4 Å². The second-order valence-corrected chi connectivity index (χ2v) is 5.58. The van der Waals surface area contributed by atoms with Gasteiger partial charge in [-0.05, 0) is 31.8 Å². The van der Waals surface area contributed by atoms with Crippen molar-refractivity contribution in [1.29, 1.82) is 0 Å². The zero-order valence-electron chi connectivity index (χ0n) is 13.3. The molecular weight excluding hydrogens is 282 g/mol. The predicted octanol–water partition coefficient (Wildman–Crippen LogP) is 0.232. The number of morpholine rings is 1. The highest BCUT2D eigenvalue weighted by Crippen LogP contribution is 2.12. The van der Waals surface area contributed by atoms with E-state index >= 15 is 0 Å². The lowest BCUT2D eigenvalue weighted by Gasteiger charge is -2.22. The number of hydrogen-bond donors (Lipinski definition) is 2. The molecule has 1 unspecified atom stereocenters. The fraction of sp³-hybridized carbons (Fsp3) is 0.562. The molecule has 0 spiro atoms. The minimum atomic E-state index is -0.387. The number of hydrogen-bond acceptors (Lipinski definition) is 5. The van der Waals surface area contributed by atoms with Crippen LogP contribution in [0.3, 0.4) is 0 Å². The molecule has 1 heterocycles. The van der Waals surface area contributed by atoms with E-state index in [-0.39, 0.29) is 12.0 Å². The lowest BCUT2D eigenvalue weighted by atomic mass is 10.2. The fourth-order valence-corrected chi connectivity index (χ4v) is 2.09. The van der Waals surface area contributed by atoms with E-state index in [1.807, 2.05) is 38.4 Å². The van der Waals surface area contributed by atoms with Crippen LogP contribution < -0.4 is 15.4 Å². The largest absolute Gasteiger partial charge is 0.492 e. The van der Waals surface area contributed by atoms with Gasteiger partial charge in [0.15, 0.2) is 0 Å². The number of carbonyl (C=O) groups is 1. The Balaban J connectivity index is 1.72. The second kappa shape index (κ2) is 8.73. The summed E-state index contributed by atoms with van der Waals surface area (Å²) in [6, 6.07) is 7.78. The van der Waals surface area contributed by atoms with Crippen molar-refractivity contribution in [2.45, 2.75) is 12.6 Å². The van der Waals surface area contributed by atoms with E-state index in [1.54, 1.807) is 0 Å². The molecule has 1 atom stereocenters. The Morgan fingerprint density at radius 1 is 1.41 bits per heavy atom. The first-order valence-corrected chi connectivity index (χ1v) is 7.61. The standard InChI is InChI=1S/C16H25N3O3/c1-19(2)8-10-21-14-5-3-13(4-6-14)11-18-16(20)15-12-17-7-9-22-15/h3-6,15,17H,7-12H2,1-2H3,(H,18,20). The van der Waals surface area contributed by atoms with Crippen molar-refractivity contribution < 1.29 is 14.3 Å². The van der Waals surface area contributed by atoms with Crippen molar-refractivity contribution in [3.05, 3.63) is 29.8 Å². The van der Waals surface area contributed by atoms with Crippen LogP contribution in [0.1, 0.15) is 5.56 Å². The fourth-order valence-electron chi connectivity index (χ4n) is 2.09. The highest BCUT2D eigenvalue weighted by Gasteiger charge is 2.21. The average molecular weight is 307 g/mol. The van der Waals surface area contributed by atoms with Gasteiger partial charge in [-0.2, -0.15) is 0 Å². The van der Waals surface area contributed by atoms with Crippen LogP contribution >= 0.6 is 0 Å². The van der Waals surface area contributed by atoms with Gasteiger partial charge in [0.1, 0.15) is 18.5 Å². The lowest BCUT2D eigenvalue weighted by Crippen LogP contribution is -2.47. The molecule has 0 aromatic heterocycles. The minimum absolute atomic E-state index is 0.0708. The molecule has 1 aromatic rings. The number of ether oxygens (including phenoxy) is 2. The molecule has 1 aromatic carbocycles. The number of carbonyl (C=O) groups excluding carboxylic acids is 1. The van der Waals surface area contributed by atoms with E-state index in [0.29, 0.717) is 26.3 Å². The van der Waals surface area contributed by atoms with Crippen molar-refractivity contribution in [3.63, 3.8) is 0 Å². The van der Waals surface area contributed by atoms with Crippen molar-refractivity contribution in [3.8, 4) is 5.75 Å². The zero-order chi connectivity index (χ0) is 15.8. The van der Waals surface area contributed by atoms with Gasteiger partial charge in [0.05, 0.1) is 6.61 Å². The molecule has 1 aliphatic rings. The number of nitrogens with zero attached hydrogens (tertiary/aromatic N) is 1. The topological polar surface area (TPSA) is 62.8 Å². The summed E-state index contributed by atoms with van der Waals surface area (Å²) < 4.78 is 11.0. The zero-order valence-corrected chi connectivity index (χ0v) is 13.3. The predicted molar refractivity (Wildman–Crippen MR) is 84.9 cm³/mol. The quantitative estimate of drug-likeness (QED) is 0.755. The summed E-state index contributed by atoms with van der Waals surface area (Å²) in [6.45, 7) is 4.00. The molecule has 22 heavy (non-hydrogen) atoms. The first-order valence-electron chi connectivity index (χ1n) is 7.61. The number of benzene rings is 1. The molecule has 0 bridgehead atoms. The van der Waals surface area contributed by atoms with E-state index < -0.39 is 0 Å². The maximum atomic E-state index is 11.9. The van der Waals surface area contributed by atoms with Gasteiger partial charge < -0.3 is 25.0 Å². The molecule has 1 saturated heterocycles. The molecule has 2 rings (SSSR count). The Labute approximate surface area is 131 Å². The van der Waals surface area contributed by atoms with Gasteiger partial charge in [0.2, 0.25) is 0 Å². The molecule has 1 amide bonds. The monoisotopic (exact) mass is 307 g/mol. The van der Waals surface area contributed by atoms with Gasteiger partial charge in [-0.3, -0.25) is 4.79 Å². The van der Waals surface area contributed by atoms with Crippen molar-refractivity contribution in [2.24, 2.45) is 0 Å². The van der Waals surface area contributed by atoms with Crippen molar-refractivity contribution in [2.75, 3.05) is 46.9 Å². The van der Waals surface area contributed by atoms with E-state index in [4.69, 9.17) is 9.47 Å². The first-order chi connectivity index (χ1) is 10.6. The van der Waals surface area contributed by atoms with Crippen molar-refractivity contribution >= 4 is 5.91 Å². The summed E-state index contributed by atoms with van der Waals surface area (Å²) in [5.74, 6) is 0.773. The molecule has 6 heteroatoms. The molecule has 1 aliphatic heterocycles. The summed E-state index contributed by atoms with van der Waals surface area (Å²) in [4.78, 5) is 14.0. The van der Waals surface area contributed by atoms with Crippen molar-refractivity contribution in [1.82, 2.24) is 15.5 Å². The van der Waals surface area contributed by atoms with Gasteiger partial charge in [0.25, 0.3) is 5.91 Å². The number of nitrogens with one attached hydrogen (secondary N) is 2. The SMILES string of the molecule is CN(C)CCOc1ccc(CNC(=O)C2CNCCO2)cc1.